The van der Waals surface area contributed by atoms with Gasteiger partial charge in [0.2, 0.25) is 0 Å². The van der Waals surface area contributed by atoms with Crippen LogP contribution >= 0.6 is 0 Å². The maximum Gasteiger partial charge on any atom is 0.333 e. The molecule has 3 heterocycles. The number of carbonyl (C=O) groups is 2. The Hall–Kier alpha value is -2.42. The molecule has 2 saturated heterocycles. The molecule has 1 N–H and O–H groups in total. The van der Waals surface area contributed by atoms with Crippen LogP contribution in [0, 0.1) is 28.1 Å². The van der Waals surface area contributed by atoms with Gasteiger partial charge in [0.05, 0.1) is 50.7 Å². The number of fused-ring (bicyclic) bond motifs is 4. The number of esters is 2. The van der Waals surface area contributed by atoms with Gasteiger partial charge < -0.3 is 28.5 Å². The molecule has 4 fully saturated rings. The van der Waals surface area contributed by atoms with Gasteiger partial charge in [-0.2, -0.15) is 0 Å². The van der Waals surface area contributed by atoms with Crippen LogP contribution in [0.4, 0.5) is 0 Å². The zero-order valence-electron chi connectivity index (χ0n) is 23.7. The average Bonchev–Trinajstić information content (AvgIpc) is 3.65. The number of hydrogen-bond donors (Lipinski definition) is 1. The van der Waals surface area contributed by atoms with Crippen molar-refractivity contribution < 1.29 is 38.1 Å². The first-order valence-corrected chi connectivity index (χ1v) is 14.0. The summed E-state index contributed by atoms with van der Waals surface area (Å²) in [6, 6.07) is 2.00. The second-order valence-electron chi connectivity index (χ2n) is 13.2. The number of aliphatic hydroxyl groups is 1. The average molecular weight is 541 g/mol. The molecule has 3 aliphatic carbocycles. The van der Waals surface area contributed by atoms with E-state index in [-0.39, 0.29) is 54.9 Å². The first-order chi connectivity index (χ1) is 18.4. The zero-order valence-corrected chi connectivity index (χ0v) is 23.7. The van der Waals surface area contributed by atoms with Gasteiger partial charge in [-0.15, -0.1) is 0 Å². The van der Waals surface area contributed by atoms with E-state index in [1.807, 2.05) is 6.07 Å². The van der Waals surface area contributed by atoms with E-state index >= 15 is 0 Å². The van der Waals surface area contributed by atoms with Gasteiger partial charge in [-0.05, 0) is 43.4 Å². The molecule has 8 heteroatoms. The molecule has 0 spiro atoms. The minimum Gasteiger partial charge on any atom is -0.472 e. The number of allylic oxidation sites excluding steroid dienone is 1. The number of ether oxygens (including phenoxy) is 4. The molecule has 39 heavy (non-hydrogen) atoms. The summed E-state index contributed by atoms with van der Waals surface area (Å²) in [6.45, 7) is 14.3. The largest absolute Gasteiger partial charge is 0.472 e. The zero-order chi connectivity index (χ0) is 28.1. The summed E-state index contributed by atoms with van der Waals surface area (Å²) in [5.41, 5.74) is 1.98. The van der Waals surface area contributed by atoms with Crippen molar-refractivity contribution in [1.82, 2.24) is 0 Å². The fourth-order valence-electron chi connectivity index (χ4n) is 9.55. The molecule has 0 amide bonds. The van der Waals surface area contributed by atoms with Gasteiger partial charge >= 0.3 is 11.9 Å². The van der Waals surface area contributed by atoms with Crippen LogP contribution in [-0.4, -0.2) is 61.3 Å². The van der Waals surface area contributed by atoms with Crippen molar-refractivity contribution in [3.63, 3.8) is 0 Å². The van der Waals surface area contributed by atoms with Crippen LogP contribution in [0.2, 0.25) is 0 Å². The molecule has 0 bridgehead atoms. The van der Waals surface area contributed by atoms with Crippen LogP contribution in [0.25, 0.3) is 0 Å². The highest BCUT2D eigenvalue weighted by molar-refractivity contribution is 5.87. The van der Waals surface area contributed by atoms with E-state index in [9.17, 15) is 14.7 Å². The number of methoxy groups -OCH3 is 1. The Labute approximate surface area is 229 Å². The van der Waals surface area contributed by atoms with Crippen LogP contribution in [0.1, 0.15) is 65.4 Å². The van der Waals surface area contributed by atoms with Crippen molar-refractivity contribution in [1.29, 1.82) is 0 Å². The third-order valence-corrected chi connectivity index (χ3v) is 11.3. The molecule has 5 aliphatic rings. The molecule has 2 aliphatic heterocycles. The van der Waals surface area contributed by atoms with Crippen molar-refractivity contribution in [3.05, 3.63) is 47.5 Å². The lowest BCUT2D eigenvalue weighted by molar-refractivity contribution is -0.248. The summed E-state index contributed by atoms with van der Waals surface area (Å²) in [7, 11) is 1.41. The van der Waals surface area contributed by atoms with Gasteiger partial charge in [0.15, 0.2) is 0 Å². The minimum atomic E-state index is -0.737. The quantitative estimate of drug-likeness (QED) is 0.334. The highest BCUT2D eigenvalue weighted by Crippen LogP contribution is 2.73. The monoisotopic (exact) mass is 540 g/mol. The SMILES string of the molecule is C=C(C)C(=O)O[C@H]1C[C@@H](O)[C@@]2(C)CO[C@H]3[C@H]4O[C@@H]5C[C@@H](c6ccoc6)C(C)=C5[C@@]4(C)[C@H](CC(=O)OC)[C@]1(C)[C@@H]32. The third kappa shape index (κ3) is 3.40. The second-order valence-corrected chi connectivity index (χ2v) is 13.2. The standard InChI is InChI=1S/C31H40O8/c1-15(2)28(34)39-22-12-21(32)29(4)14-37-25-26(29)30(22,5)20(11-23(33)35-7)31(6)24-16(3)18(17-8-9-36-13-17)10-19(24)38-27(25)31/h8-9,13,18-22,25-27,32H,1,10-12,14H2,2-7H3/t18-,19-,20-,21-,22+,25-,26+,27-,29-,30+,31-/m1/s1. The van der Waals surface area contributed by atoms with Crippen LogP contribution in [0.15, 0.2) is 46.3 Å². The lowest BCUT2D eigenvalue weighted by Crippen LogP contribution is -2.70. The number of rotatable bonds is 5. The Kier molecular flexibility index (Phi) is 6.04. The summed E-state index contributed by atoms with van der Waals surface area (Å²) in [6.07, 6.45) is 2.54. The highest BCUT2D eigenvalue weighted by Gasteiger charge is 2.78. The smallest absolute Gasteiger partial charge is 0.333 e. The van der Waals surface area contributed by atoms with Crippen LogP contribution in [0.5, 0.6) is 0 Å². The summed E-state index contributed by atoms with van der Waals surface area (Å²) in [5, 5.41) is 11.4. The molecule has 1 aromatic rings. The van der Waals surface area contributed by atoms with Crippen molar-refractivity contribution >= 4 is 11.9 Å². The van der Waals surface area contributed by atoms with Crippen molar-refractivity contribution in [3.8, 4) is 0 Å². The fourth-order valence-corrected chi connectivity index (χ4v) is 9.55. The number of carbonyl (C=O) groups excluding carboxylic acids is 2. The van der Waals surface area contributed by atoms with E-state index in [0.29, 0.717) is 12.2 Å². The predicted octanol–water partition coefficient (Wildman–Crippen LogP) is 4.33. The van der Waals surface area contributed by atoms with Gasteiger partial charge in [-0.25, -0.2) is 4.79 Å². The molecule has 212 valence electrons. The normalized spacial score (nSPS) is 45.9. The van der Waals surface area contributed by atoms with E-state index < -0.39 is 34.4 Å². The van der Waals surface area contributed by atoms with Crippen LogP contribution in [-0.2, 0) is 28.5 Å². The van der Waals surface area contributed by atoms with E-state index in [1.54, 1.807) is 19.5 Å². The molecule has 0 unspecified atom stereocenters. The predicted molar refractivity (Wildman–Crippen MR) is 140 cm³/mol. The molecule has 2 saturated carbocycles. The Morgan fingerprint density at radius 3 is 2.62 bits per heavy atom. The minimum absolute atomic E-state index is 0.124. The third-order valence-electron chi connectivity index (χ3n) is 11.3. The van der Waals surface area contributed by atoms with Gasteiger partial charge in [0.1, 0.15) is 6.10 Å². The van der Waals surface area contributed by atoms with Crippen molar-refractivity contribution in [2.45, 2.75) is 90.3 Å². The molecule has 11 atom stereocenters. The first kappa shape index (κ1) is 26.8. The number of aliphatic hydroxyl groups excluding tert-OH is 1. The molecule has 1 aromatic heterocycles. The van der Waals surface area contributed by atoms with Crippen LogP contribution < -0.4 is 0 Å². The topological polar surface area (TPSA) is 104 Å². The highest BCUT2D eigenvalue weighted by atomic mass is 16.6. The Bertz CT molecular complexity index is 1230. The molecule has 6 rings (SSSR count). The Morgan fingerprint density at radius 1 is 1.23 bits per heavy atom. The Morgan fingerprint density at radius 2 is 1.97 bits per heavy atom. The molecule has 8 nitrogen and oxygen atoms in total. The lowest BCUT2D eigenvalue weighted by atomic mass is 9.40. The van der Waals surface area contributed by atoms with Gasteiger partial charge in [0, 0.05) is 46.5 Å². The van der Waals surface area contributed by atoms with Crippen molar-refractivity contribution in [2.24, 2.45) is 28.1 Å². The summed E-state index contributed by atoms with van der Waals surface area (Å²) in [4.78, 5) is 26.0. The fraction of sp³-hybridized carbons (Fsp3) is 0.677. The molecular weight excluding hydrogens is 500 g/mol. The van der Waals surface area contributed by atoms with Gasteiger partial charge in [-0.1, -0.05) is 32.9 Å². The van der Waals surface area contributed by atoms with E-state index in [4.69, 9.17) is 23.4 Å². The van der Waals surface area contributed by atoms with E-state index in [2.05, 4.69) is 34.3 Å². The lowest BCUT2D eigenvalue weighted by Gasteiger charge is -2.65. The molecular formula is C31H40O8. The van der Waals surface area contributed by atoms with Gasteiger partial charge in [0.25, 0.3) is 0 Å². The summed E-state index contributed by atoms with van der Waals surface area (Å²) in [5.74, 6) is -1.14. The van der Waals surface area contributed by atoms with Crippen LogP contribution in [0.3, 0.4) is 0 Å². The first-order valence-electron chi connectivity index (χ1n) is 14.0. The summed E-state index contributed by atoms with van der Waals surface area (Å²) < 4.78 is 30.3. The summed E-state index contributed by atoms with van der Waals surface area (Å²) >= 11 is 0. The molecule has 0 aromatic carbocycles. The van der Waals surface area contributed by atoms with Crippen molar-refractivity contribution in [2.75, 3.05) is 13.7 Å². The Balaban J connectivity index is 1.55. The van der Waals surface area contributed by atoms with E-state index in [0.717, 1.165) is 12.0 Å². The number of hydrogen-bond acceptors (Lipinski definition) is 8. The maximum absolute atomic E-state index is 13.1. The second kappa shape index (κ2) is 8.79. The molecule has 0 radical (unpaired) electrons. The van der Waals surface area contributed by atoms with E-state index in [1.165, 1.54) is 18.3 Å². The number of furan rings is 1. The maximum atomic E-state index is 13.1. The van der Waals surface area contributed by atoms with Gasteiger partial charge in [-0.3, -0.25) is 4.79 Å².